The zero-order valence-corrected chi connectivity index (χ0v) is 16.0. The number of anilines is 1. The number of benzene rings is 3. The maximum Gasteiger partial charge on any atom is 0.235 e. The Labute approximate surface area is 164 Å². The number of amides is 1. The molecule has 1 fully saturated rings. The highest BCUT2D eigenvalue weighted by Gasteiger charge is 2.51. The summed E-state index contributed by atoms with van der Waals surface area (Å²) in [5.41, 5.74) is 5.51. The van der Waals surface area contributed by atoms with E-state index < -0.39 is 5.41 Å². The Morgan fingerprint density at radius 1 is 0.857 bits per heavy atom. The summed E-state index contributed by atoms with van der Waals surface area (Å²) in [6.45, 7) is 4.14. The Morgan fingerprint density at radius 3 is 2.21 bits per heavy atom. The van der Waals surface area contributed by atoms with E-state index >= 15 is 0 Å². The summed E-state index contributed by atoms with van der Waals surface area (Å²) in [6.07, 6.45) is 1.45. The lowest BCUT2D eigenvalue weighted by Crippen LogP contribution is -2.27. The van der Waals surface area contributed by atoms with Crippen molar-refractivity contribution in [2.75, 3.05) is 5.32 Å². The van der Waals surface area contributed by atoms with Crippen LogP contribution in [0.3, 0.4) is 0 Å². The molecule has 0 atom stereocenters. The number of carbonyl (C=O) groups is 1. The number of phenols is 2. The molecule has 3 aromatic carbocycles. The smallest absolute Gasteiger partial charge is 0.235 e. The van der Waals surface area contributed by atoms with Crippen LogP contribution in [0.25, 0.3) is 11.1 Å². The van der Waals surface area contributed by atoms with Gasteiger partial charge in [-0.3, -0.25) is 4.79 Å². The molecule has 28 heavy (non-hydrogen) atoms. The molecule has 1 amide bonds. The summed E-state index contributed by atoms with van der Waals surface area (Å²) < 4.78 is 0. The molecular weight excluding hydrogens is 350 g/mol. The zero-order chi connectivity index (χ0) is 19.9. The van der Waals surface area contributed by atoms with Gasteiger partial charge in [0.15, 0.2) is 11.5 Å². The van der Waals surface area contributed by atoms with Crippen molar-refractivity contribution in [3.8, 4) is 22.6 Å². The van der Waals surface area contributed by atoms with Gasteiger partial charge in [0, 0.05) is 5.69 Å². The summed E-state index contributed by atoms with van der Waals surface area (Å²) >= 11 is 0. The maximum absolute atomic E-state index is 13.0. The largest absolute Gasteiger partial charge is 0.504 e. The Hall–Kier alpha value is -3.27. The topological polar surface area (TPSA) is 69.6 Å². The first kappa shape index (κ1) is 18.1. The van der Waals surface area contributed by atoms with Crippen molar-refractivity contribution in [1.29, 1.82) is 0 Å². The minimum Gasteiger partial charge on any atom is -0.504 e. The van der Waals surface area contributed by atoms with E-state index in [2.05, 4.69) is 24.4 Å². The lowest BCUT2D eigenvalue weighted by atomic mass is 9.93. The maximum atomic E-state index is 13.0. The third-order valence-corrected chi connectivity index (χ3v) is 5.63. The van der Waals surface area contributed by atoms with Gasteiger partial charge in [-0.15, -0.1) is 0 Å². The van der Waals surface area contributed by atoms with Crippen molar-refractivity contribution < 1.29 is 15.0 Å². The molecule has 1 aliphatic rings. The summed E-state index contributed by atoms with van der Waals surface area (Å²) in [6, 6.07) is 18.8. The van der Waals surface area contributed by atoms with E-state index in [9.17, 15) is 15.0 Å². The minimum absolute atomic E-state index is 0.0827. The Kier molecular flexibility index (Phi) is 4.34. The van der Waals surface area contributed by atoms with Crippen molar-refractivity contribution in [3.05, 3.63) is 77.4 Å². The van der Waals surface area contributed by atoms with Gasteiger partial charge in [0.2, 0.25) is 5.91 Å². The molecule has 3 aromatic rings. The van der Waals surface area contributed by atoms with E-state index in [4.69, 9.17) is 0 Å². The lowest BCUT2D eigenvalue weighted by molar-refractivity contribution is -0.118. The minimum atomic E-state index is -0.631. The number of hydrogen-bond acceptors (Lipinski definition) is 3. The van der Waals surface area contributed by atoms with E-state index in [0.717, 1.165) is 35.2 Å². The van der Waals surface area contributed by atoms with Crippen molar-refractivity contribution in [2.45, 2.75) is 32.1 Å². The summed E-state index contributed by atoms with van der Waals surface area (Å²) in [7, 11) is 0. The fourth-order valence-electron chi connectivity index (χ4n) is 3.76. The number of rotatable bonds is 4. The molecule has 142 valence electrons. The molecule has 1 saturated carbocycles. The molecule has 0 aromatic heterocycles. The van der Waals surface area contributed by atoms with Crippen LogP contribution < -0.4 is 5.32 Å². The van der Waals surface area contributed by atoms with Gasteiger partial charge in [-0.1, -0.05) is 36.4 Å². The Balaban J connectivity index is 1.58. The van der Waals surface area contributed by atoms with Crippen LogP contribution >= 0.6 is 0 Å². The number of aromatic hydroxyl groups is 2. The Bertz CT molecular complexity index is 1070. The van der Waals surface area contributed by atoms with E-state index in [1.807, 2.05) is 37.3 Å². The van der Waals surface area contributed by atoms with Crippen LogP contribution in [0.4, 0.5) is 5.69 Å². The average molecular weight is 373 g/mol. The predicted octanol–water partition coefficient (Wildman–Crippen LogP) is 5.05. The summed E-state index contributed by atoms with van der Waals surface area (Å²) in [4.78, 5) is 13.0. The van der Waals surface area contributed by atoms with Crippen LogP contribution in [0.1, 0.15) is 29.5 Å². The van der Waals surface area contributed by atoms with Crippen LogP contribution in [-0.4, -0.2) is 16.1 Å². The molecule has 0 unspecified atom stereocenters. The van der Waals surface area contributed by atoms with E-state index in [0.29, 0.717) is 0 Å². The first-order chi connectivity index (χ1) is 13.4. The first-order valence-electron chi connectivity index (χ1n) is 9.41. The highest BCUT2D eigenvalue weighted by Crippen LogP contribution is 2.50. The van der Waals surface area contributed by atoms with Crippen molar-refractivity contribution in [2.24, 2.45) is 0 Å². The van der Waals surface area contributed by atoms with Crippen molar-refractivity contribution in [1.82, 2.24) is 0 Å². The van der Waals surface area contributed by atoms with Gasteiger partial charge >= 0.3 is 0 Å². The van der Waals surface area contributed by atoms with Crippen LogP contribution in [0.5, 0.6) is 11.5 Å². The van der Waals surface area contributed by atoms with Crippen LogP contribution in [-0.2, 0) is 10.2 Å². The second-order valence-corrected chi connectivity index (χ2v) is 7.58. The van der Waals surface area contributed by atoms with Crippen molar-refractivity contribution >= 4 is 11.6 Å². The van der Waals surface area contributed by atoms with Gasteiger partial charge in [-0.05, 0) is 78.8 Å². The Morgan fingerprint density at radius 2 is 1.57 bits per heavy atom. The second kappa shape index (κ2) is 6.71. The van der Waals surface area contributed by atoms with Crippen LogP contribution in [0.15, 0.2) is 60.7 Å². The zero-order valence-electron chi connectivity index (χ0n) is 16.0. The monoisotopic (exact) mass is 373 g/mol. The molecule has 3 N–H and O–H groups in total. The first-order valence-corrected chi connectivity index (χ1v) is 9.41. The quantitative estimate of drug-likeness (QED) is 0.560. The fourth-order valence-corrected chi connectivity index (χ4v) is 3.76. The van der Waals surface area contributed by atoms with Crippen LogP contribution in [0, 0.1) is 13.8 Å². The van der Waals surface area contributed by atoms with Gasteiger partial charge in [0.25, 0.3) is 0 Å². The van der Waals surface area contributed by atoms with Crippen LogP contribution in [0.2, 0.25) is 0 Å². The van der Waals surface area contributed by atoms with E-state index in [1.54, 1.807) is 6.07 Å². The molecule has 0 aliphatic heterocycles. The van der Waals surface area contributed by atoms with E-state index in [1.165, 1.54) is 23.3 Å². The van der Waals surface area contributed by atoms with Gasteiger partial charge in [-0.25, -0.2) is 0 Å². The average Bonchev–Trinajstić information content (AvgIpc) is 3.47. The summed E-state index contributed by atoms with van der Waals surface area (Å²) in [5, 5.41) is 22.3. The molecule has 0 bridgehead atoms. The van der Waals surface area contributed by atoms with Gasteiger partial charge in [0.1, 0.15) is 0 Å². The molecule has 0 radical (unpaired) electrons. The molecule has 1 aliphatic carbocycles. The number of phenolic OH excluding ortho intramolecular Hbond substituents is 2. The van der Waals surface area contributed by atoms with Crippen molar-refractivity contribution in [3.63, 3.8) is 0 Å². The molecular formula is C24H23NO3. The second-order valence-electron chi connectivity index (χ2n) is 7.58. The summed E-state index contributed by atoms with van der Waals surface area (Å²) in [5.74, 6) is -0.460. The van der Waals surface area contributed by atoms with Gasteiger partial charge < -0.3 is 15.5 Å². The SMILES string of the molecule is Cc1ccccc1-c1ccc(NC(=O)C2(c3ccc(O)c(O)c3)CC2)cc1C. The third-order valence-electron chi connectivity index (χ3n) is 5.63. The fraction of sp³-hybridized carbons (Fsp3) is 0.208. The number of hydrogen-bond donors (Lipinski definition) is 3. The number of nitrogens with one attached hydrogen (secondary N) is 1. The molecule has 0 heterocycles. The van der Waals surface area contributed by atoms with Gasteiger partial charge in [0.05, 0.1) is 5.41 Å². The third kappa shape index (κ3) is 3.11. The predicted molar refractivity (Wildman–Crippen MR) is 111 cm³/mol. The molecule has 0 spiro atoms. The molecule has 4 rings (SSSR count). The molecule has 0 saturated heterocycles. The van der Waals surface area contributed by atoms with Gasteiger partial charge in [-0.2, -0.15) is 0 Å². The molecule has 4 heteroatoms. The number of aryl methyl sites for hydroxylation is 2. The molecule has 4 nitrogen and oxygen atoms in total. The standard InChI is InChI=1S/C24H23NO3/c1-15-5-3-4-6-19(15)20-9-8-18(13-16(20)2)25-23(28)24(11-12-24)17-7-10-21(26)22(27)14-17/h3-10,13-14,26-27H,11-12H2,1-2H3,(H,25,28). The highest BCUT2D eigenvalue weighted by atomic mass is 16.3. The normalized spacial score (nSPS) is 14.5. The lowest BCUT2D eigenvalue weighted by Gasteiger charge is -2.17. The highest BCUT2D eigenvalue weighted by molar-refractivity contribution is 6.01. The number of carbonyl (C=O) groups excluding carboxylic acids is 1. The van der Waals surface area contributed by atoms with E-state index in [-0.39, 0.29) is 17.4 Å².